The highest BCUT2D eigenvalue weighted by atomic mass is 32.2. The predicted octanol–water partition coefficient (Wildman–Crippen LogP) is 5.14. The molecule has 4 rings (SSSR count). The molecule has 0 atom stereocenters. The minimum atomic E-state index is -0.100. The third-order valence-corrected chi connectivity index (χ3v) is 6.70. The lowest BCUT2D eigenvalue weighted by molar-refractivity contribution is -0.114. The number of hydrogen-bond donors (Lipinski definition) is 2. The van der Waals surface area contributed by atoms with Crippen LogP contribution in [-0.4, -0.2) is 21.1 Å². The standard InChI is InChI=1S/C18H15N5OS3/c1-11(24)19-12-5-4-6-13(9-12)20-17-22-23-18(27-17)25-10-16-21-14-7-2-3-8-15(14)26-16/h2-9H,10H2,1H3,(H,19,24)(H,20,22). The highest BCUT2D eigenvalue weighted by molar-refractivity contribution is 8.00. The van der Waals surface area contributed by atoms with Crippen LogP contribution in [0, 0.1) is 0 Å². The van der Waals surface area contributed by atoms with E-state index in [2.05, 4.69) is 31.9 Å². The van der Waals surface area contributed by atoms with E-state index >= 15 is 0 Å². The molecule has 6 nitrogen and oxygen atoms in total. The van der Waals surface area contributed by atoms with Gasteiger partial charge in [0.05, 0.1) is 16.0 Å². The van der Waals surface area contributed by atoms with Gasteiger partial charge < -0.3 is 10.6 Å². The summed E-state index contributed by atoms with van der Waals surface area (Å²) in [6.45, 7) is 1.49. The lowest BCUT2D eigenvalue weighted by Gasteiger charge is -2.05. The molecular formula is C18H15N5OS3. The van der Waals surface area contributed by atoms with Crippen molar-refractivity contribution in [3.05, 3.63) is 53.5 Å². The summed E-state index contributed by atoms with van der Waals surface area (Å²) >= 11 is 4.83. The number of thiazole rings is 1. The maximum Gasteiger partial charge on any atom is 0.221 e. The average molecular weight is 414 g/mol. The zero-order valence-corrected chi connectivity index (χ0v) is 16.8. The van der Waals surface area contributed by atoms with Crippen LogP contribution >= 0.6 is 34.4 Å². The Balaban J connectivity index is 1.39. The highest BCUT2D eigenvalue weighted by Gasteiger charge is 2.09. The lowest BCUT2D eigenvalue weighted by atomic mass is 10.3. The van der Waals surface area contributed by atoms with Crippen molar-refractivity contribution in [2.45, 2.75) is 17.0 Å². The number of benzene rings is 2. The third-order valence-electron chi connectivity index (χ3n) is 3.50. The fraction of sp³-hybridized carbons (Fsp3) is 0.111. The highest BCUT2D eigenvalue weighted by Crippen LogP contribution is 2.32. The zero-order chi connectivity index (χ0) is 18.6. The molecule has 2 N–H and O–H groups in total. The molecule has 1 amide bonds. The van der Waals surface area contributed by atoms with E-state index in [1.807, 2.05) is 42.5 Å². The van der Waals surface area contributed by atoms with Crippen LogP contribution in [0.4, 0.5) is 16.5 Å². The largest absolute Gasteiger partial charge is 0.330 e. The first-order valence-corrected chi connectivity index (χ1v) is 10.7. The summed E-state index contributed by atoms with van der Waals surface area (Å²) in [5.41, 5.74) is 2.62. The monoisotopic (exact) mass is 413 g/mol. The van der Waals surface area contributed by atoms with E-state index < -0.39 is 0 Å². The topological polar surface area (TPSA) is 79.8 Å². The van der Waals surface area contributed by atoms with Gasteiger partial charge in [-0.2, -0.15) is 0 Å². The van der Waals surface area contributed by atoms with Crippen molar-refractivity contribution in [2.24, 2.45) is 0 Å². The second kappa shape index (κ2) is 8.03. The maximum atomic E-state index is 11.2. The summed E-state index contributed by atoms with van der Waals surface area (Å²) in [6.07, 6.45) is 0. The normalized spacial score (nSPS) is 10.9. The SMILES string of the molecule is CC(=O)Nc1cccc(Nc2nnc(SCc3nc4ccccc4s3)s2)c1. The van der Waals surface area contributed by atoms with E-state index in [1.165, 1.54) is 23.0 Å². The van der Waals surface area contributed by atoms with E-state index in [9.17, 15) is 4.79 Å². The third kappa shape index (κ3) is 4.62. The summed E-state index contributed by atoms with van der Waals surface area (Å²) in [5, 5.41) is 16.2. The fourth-order valence-electron chi connectivity index (χ4n) is 2.43. The fourth-order valence-corrected chi connectivity index (χ4v) is 5.16. The molecule has 2 heterocycles. The van der Waals surface area contributed by atoms with Gasteiger partial charge in [0, 0.05) is 18.3 Å². The van der Waals surface area contributed by atoms with Gasteiger partial charge in [0.25, 0.3) is 0 Å². The first-order valence-electron chi connectivity index (χ1n) is 8.11. The van der Waals surface area contributed by atoms with Crippen LogP contribution in [0.2, 0.25) is 0 Å². The van der Waals surface area contributed by atoms with Crippen LogP contribution in [0.3, 0.4) is 0 Å². The van der Waals surface area contributed by atoms with Crippen molar-refractivity contribution in [3.63, 3.8) is 0 Å². The molecular weight excluding hydrogens is 398 g/mol. The Morgan fingerprint density at radius 2 is 1.93 bits per heavy atom. The molecule has 0 aliphatic carbocycles. The van der Waals surface area contributed by atoms with Crippen LogP contribution in [0.1, 0.15) is 11.9 Å². The van der Waals surface area contributed by atoms with Gasteiger partial charge in [0.15, 0.2) is 4.34 Å². The molecule has 0 aliphatic heterocycles. The van der Waals surface area contributed by atoms with Crippen LogP contribution < -0.4 is 10.6 Å². The molecule has 0 fully saturated rings. The Morgan fingerprint density at radius 1 is 1.07 bits per heavy atom. The smallest absolute Gasteiger partial charge is 0.221 e. The second-order valence-corrected chi connectivity index (χ2v) is 8.94. The van der Waals surface area contributed by atoms with E-state index in [4.69, 9.17) is 0 Å². The first-order chi connectivity index (χ1) is 13.2. The number of carbonyl (C=O) groups excluding carboxylic acids is 1. The number of amides is 1. The summed E-state index contributed by atoms with van der Waals surface area (Å²) < 4.78 is 2.08. The molecule has 136 valence electrons. The molecule has 0 saturated carbocycles. The number of anilines is 3. The number of aromatic nitrogens is 3. The van der Waals surface area contributed by atoms with Gasteiger partial charge in [0.1, 0.15) is 5.01 Å². The summed E-state index contributed by atoms with van der Waals surface area (Å²) in [4.78, 5) is 15.8. The Kier molecular flexibility index (Phi) is 5.33. The quantitative estimate of drug-likeness (QED) is 0.426. The van der Waals surface area contributed by atoms with Crippen molar-refractivity contribution in [3.8, 4) is 0 Å². The molecule has 9 heteroatoms. The number of nitrogens with zero attached hydrogens (tertiary/aromatic N) is 3. The Labute approximate surface area is 168 Å². The van der Waals surface area contributed by atoms with Gasteiger partial charge in [-0.15, -0.1) is 21.5 Å². The van der Waals surface area contributed by atoms with Gasteiger partial charge in [-0.05, 0) is 30.3 Å². The Hall–Kier alpha value is -2.49. The second-order valence-electron chi connectivity index (χ2n) is 5.62. The van der Waals surface area contributed by atoms with Gasteiger partial charge in [-0.3, -0.25) is 4.79 Å². The number of para-hydroxylation sites is 1. The van der Waals surface area contributed by atoms with Gasteiger partial charge in [0.2, 0.25) is 11.0 Å². The zero-order valence-electron chi connectivity index (χ0n) is 14.3. The molecule has 0 radical (unpaired) electrons. The molecule has 2 aromatic heterocycles. The molecule has 0 spiro atoms. The number of rotatable bonds is 6. The van der Waals surface area contributed by atoms with Crippen molar-refractivity contribution in [2.75, 3.05) is 10.6 Å². The number of fused-ring (bicyclic) bond motifs is 1. The number of hydrogen-bond acceptors (Lipinski definition) is 8. The van der Waals surface area contributed by atoms with E-state index in [0.29, 0.717) is 5.13 Å². The first kappa shape index (κ1) is 17.9. The molecule has 2 aromatic carbocycles. The molecule has 4 aromatic rings. The summed E-state index contributed by atoms with van der Waals surface area (Å²) in [6, 6.07) is 15.6. The predicted molar refractivity (Wildman–Crippen MR) is 113 cm³/mol. The molecule has 0 bridgehead atoms. The maximum absolute atomic E-state index is 11.2. The molecule has 27 heavy (non-hydrogen) atoms. The van der Waals surface area contributed by atoms with Crippen molar-refractivity contribution in [1.82, 2.24) is 15.2 Å². The summed E-state index contributed by atoms with van der Waals surface area (Å²) in [7, 11) is 0. The molecule has 0 saturated heterocycles. The van der Waals surface area contributed by atoms with Crippen LogP contribution in [0.5, 0.6) is 0 Å². The molecule has 0 unspecified atom stereocenters. The van der Waals surface area contributed by atoms with Crippen molar-refractivity contribution < 1.29 is 4.79 Å². The number of thioether (sulfide) groups is 1. The Morgan fingerprint density at radius 3 is 2.78 bits per heavy atom. The van der Waals surface area contributed by atoms with Crippen LogP contribution in [-0.2, 0) is 10.5 Å². The lowest BCUT2D eigenvalue weighted by Crippen LogP contribution is -2.05. The number of nitrogens with one attached hydrogen (secondary N) is 2. The number of carbonyl (C=O) groups is 1. The van der Waals surface area contributed by atoms with Crippen molar-refractivity contribution >= 4 is 67.1 Å². The van der Waals surface area contributed by atoms with E-state index in [1.54, 1.807) is 23.1 Å². The summed E-state index contributed by atoms with van der Waals surface area (Å²) in [5.74, 6) is 0.669. The Bertz CT molecular complexity index is 1060. The van der Waals surface area contributed by atoms with E-state index in [-0.39, 0.29) is 5.91 Å². The minimum Gasteiger partial charge on any atom is -0.330 e. The molecule has 0 aliphatic rings. The van der Waals surface area contributed by atoms with E-state index in [0.717, 1.165) is 32.0 Å². The van der Waals surface area contributed by atoms with Crippen LogP contribution in [0.15, 0.2) is 52.9 Å². The van der Waals surface area contributed by atoms with Gasteiger partial charge in [-0.1, -0.05) is 41.3 Å². The van der Waals surface area contributed by atoms with Gasteiger partial charge >= 0.3 is 0 Å². The average Bonchev–Trinajstić information content (AvgIpc) is 3.25. The van der Waals surface area contributed by atoms with Gasteiger partial charge in [-0.25, -0.2) is 4.98 Å². The minimum absolute atomic E-state index is 0.100. The van der Waals surface area contributed by atoms with Crippen LogP contribution in [0.25, 0.3) is 10.2 Å². The van der Waals surface area contributed by atoms with Crippen molar-refractivity contribution in [1.29, 1.82) is 0 Å².